The van der Waals surface area contributed by atoms with Gasteiger partial charge in [-0.25, -0.2) is 0 Å². The van der Waals surface area contributed by atoms with E-state index >= 15 is 4.79 Å². The van der Waals surface area contributed by atoms with E-state index in [-0.39, 0.29) is 88.2 Å². The van der Waals surface area contributed by atoms with Crippen LogP contribution in [0.5, 0.6) is 23.0 Å². The van der Waals surface area contributed by atoms with Crippen LogP contribution in [0.4, 0.5) is 0 Å². The molecule has 0 saturated carbocycles. The molecule has 3 aliphatic heterocycles. The predicted molar refractivity (Wildman–Crippen MR) is 293 cm³/mol. The standard InChI is InChI=1S/C57H63NO10S4/c1-27(2)17-32-21-37(40-25-70-71-26-41(58-3)30-8-4-7-28(18-30)19-36(40)51(32)63)55-54(66)53(65)50-45(68-55)24-43(62)48-38-22-35-33(13-15-60)29(9-5-14-59)20-31-11-12-34-49(46(31)35)47(38)39-23-44(67-56(48)50)42(61)10-6-16-69-72-57(34)52(39)64/h4,7-8,11-12,18,21-22,24,27,29,33,39,41-42,44,52,57-64,66H,5-6,9-10,13-17,19-20,23,25-26H2,1-3H3/t29-,33-,39+,41-,42-,44+,52-,57-/m0/s1. The topological polar surface area (TPSA) is 193 Å². The molecular formula is C57H63NO10S4. The lowest BCUT2D eigenvalue weighted by molar-refractivity contribution is 0.00975. The number of aromatic hydroxyl groups is 3. The van der Waals surface area contributed by atoms with Crippen molar-refractivity contribution in [2.75, 3.05) is 31.8 Å². The Bertz CT molecular complexity index is 3140. The molecule has 0 amide bonds. The summed E-state index contributed by atoms with van der Waals surface area (Å²) in [7, 11) is 8.62. The maximum absolute atomic E-state index is 15.4. The molecule has 1 saturated heterocycles. The van der Waals surface area contributed by atoms with Crippen molar-refractivity contribution >= 4 is 64.9 Å². The number of phenolic OH excluding ortho intramolecular Hbond substituents is 2. The second-order valence-electron chi connectivity index (χ2n) is 20.9. The minimum atomic E-state index is -0.999. The van der Waals surface area contributed by atoms with E-state index in [2.05, 4.69) is 55.6 Å². The molecule has 0 radical (unpaired) electrons. The highest BCUT2D eigenvalue weighted by molar-refractivity contribution is 8.77. The molecule has 11 rings (SSSR count). The van der Waals surface area contributed by atoms with E-state index in [0.29, 0.717) is 66.5 Å². The Morgan fingerprint density at radius 2 is 1.72 bits per heavy atom. The number of ether oxygens (including phenoxy) is 1. The van der Waals surface area contributed by atoms with Gasteiger partial charge in [-0.05, 0) is 149 Å². The third kappa shape index (κ3) is 8.69. The van der Waals surface area contributed by atoms with Crippen LogP contribution in [0.1, 0.15) is 126 Å². The quantitative estimate of drug-likeness (QED) is 0.0637. The predicted octanol–water partition coefficient (Wildman–Crippen LogP) is 10.9. The van der Waals surface area contributed by atoms with Gasteiger partial charge in [-0.1, -0.05) is 93.4 Å². The van der Waals surface area contributed by atoms with Crippen molar-refractivity contribution in [1.29, 1.82) is 0 Å². The summed E-state index contributed by atoms with van der Waals surface area (Å²) in [5.41, 5.74) is 8.68. The molecule has 5 bridgehead atoms. The maximum atomic E-state index is 15.4. The van der Waals surface area contributed by atoms with Gasteiger partial charge in [0, 0.05) is 66.0 Å². The van der Waals surface area contributed by atoms with Crippen LogP contribution in [0.3, 0.4) is 0 Å². The highest BCUT2D eigenvalue weighted by Crippen LogP contribution is 2.61. The summed E-state index contributed by atoms with van der Waals surface area (Å²) in [5.74, 6) is 0.795. The fraction of sp³-hybridized carbons (Fsp3) is 0.456. The second-order valence-corrected chi connectivity index (χ2v) is 26.0. The molecule has 11 nitrogen and oxygen atoms in total. The molecule has 2 aliphatic carbocycles. The van der Waals surface area contributed by atoms with Crippen LogP contribution in [-0.2, 0) is 25.0 Å². The first-order valence-electron chi connectivity index (χ1n) is 25.5. The van der Waals surface area contributed by atoms with Gasteiger partial charge in [0.25, 0.3) is 0 Å². The SMILES string of the molecule is CN[C@H]1CSSCc2c(-c3oc4cc(O)c5c(c4c(=O)c3O)O[C@@H]3C[C@@H]4c6c-5cc5c7c(ccc(c67)[C@H](SSCCC[C@@H]3O)[C@H]4O)C[C@H](CCCO)[C@@H]5CCO)cc(CC(C)C)c(O)c2Cc2cccc1c2. The molecule has 380 valence electrons. The summed E-state index contributed by atoms with van der Waals surface area (Å²) < 4.78 is 13.8. The molecule has 6 aromatic rings. The zero-order valence-corrected chi connectivity index (χ0v) is 44.0. The van der Waals surface area contributed by atoms with E-state index in [1.54, 1.807) is 43.2 Å². The molecule has 4 heterocycles. The first-order valence-corrected chi connectivity index (χ1v) is 30.4. The van der Waals surface area contributed by atoms with E-state index < -0.39 is 35.4 Å². The van der Waals surface area contributed by atoms with Crippen LogP contribution in [0.15, 0.2) is 63.8 Å². The lowest BCUT2D eigenvalue weighted by Gasteiger charge is -2.43. The van der Waals surface area contributed by atoms with Crippen molar-refractivity contribution in [2.45, 2.75) is 119 Å². The summed E-state index contributed by atoms with van der Waals surface area (Å²) >= 11 is 0. The van der Waals surface area contributed by atoms with E-state index in [4.69, 9.17) is 9.15 Å². The van der Waals surface area contributed by atoms with Gasteiger partial charge >= 0.3 is 0 Å². The summed E-state index contributed by atoms with van der Waals surface area (Å²) in [6.07, 6.45) is 2.02. The van der Waals surface area contributed by atoms with Crippen molar-refractivity contribution in [3.05, 3.63) is 115 Å². The normalized spacial score (nSPS) is 24.8. The average molecular weight is 1050 g/mol. The number of nitrogens with one attached hydrogen (secondary N) is 1. The smallest absolute Gasteiger partial charge is 0.238 e. The van der Waals surface area contributed by atoms with Crippen LogP contribution < -0.4 is 15.5 Å². The lowest BCUT2D eigenvalue weighted by Crippen LogP contribution is -2.39. The van der Waals surface area contributed by atoms with Crippen molar-refractivity contribution in [2.24, 2.45) is 11.8 Å². The monoisotopic (exact) mass is 1050 g/mol. The molecule has 0 unspecified atom stereocenters. The highest BCUT2D eigenvalue weighted by atomic mass is 33.1. The Labute approximate surface area is 435 Å². The maximum Gasteiger partial charge on any atom is 0.238 e. The number of aliphatic hydroxyl groups excluding tert-OH is 4. The first-order chi connectivity index (χ1) is 34.9. The lowest BCUT2D eigenvalue weighted by atomic mass is 9.65. The third-order valence-electron chi connectivity index (χ3n) is 16.0. The molecule has 8 N–H and O–H groups in total. The molecule has 5 aliphatic rings. The molecule has 15 heteroatoms. The van der Waals surface area contributed by atoms with Gasteiger partial charge in [0.1, 0.15) is 34.3 Å². The molecular weight excluding hydrogens is 987 g/mol. The summed E-state index contributed by atoms with van der Waals surface area (Å²) in [4.78, 5) is 15.4. The molecule has 1 aromatic heterocycles. The number of rotatable bonds is 9. The second kappa shape index (κ2) is 20.6. The molecule has 0 spiro atoms. The third-order valence-corrected chi connectivity index (χ3v) is 21.2. The Kier molecular flexibility index (Phi) is 14.3. The van der Waals surface area contributed by atoms with Gasteiger partial charge in [0.15, 0.2) is 5.76 Å². The van der Waals surface area contributed by atoms with Crippen LogP contribution in [0, 0.1) is 11.8 Å². The van der Waals surface area contributed by atoms with Crippen LogP contribution in [-0.4, -0.2) is 85.8 Å². The Hall–Kier alpha value is -4.03. The highest BCUT2D eigenvalue weighted by Gasteiger charge is 2.47. The van der Waals surface area contributed by atoms with Gasteiger partial charge < -0.3 is 50.2 Å². The van der Waals surface area contributed by atoms with E-state index in [1.807, 2.05) is 19.2 Å². The minimum Gasteiger partial charge on any atom is -0.507 e. The molecule has 8 atom stereocenters. The van der Waals surface area contributed by atoms with E-state index in [9.17, 15) is 35.7 Å². The Balaban J connectivity index is 1.18. The minimum absolute atomic E-state index is 0.0124. The van der Waals surface area contributed by atoms with Gasteiger partial charge in [-0.3, -0.25) is 4.79 Å². The van der Waals surface area contributed by atoms with Gasteiger partial charge in [0.2, 0.25) is 11.2 Å². The van der Waals surface area contributed by atoms with Crippen molar-refractivity contribution in [3.63, 3.8) is 0 Å². The number of hydrogen-bond donors (Lipinski definition) is 8. The van der Waals surface area contributed by atoms with Crippen molar-refractivity contribution in [3.8, 4) is 45.4 Å². The summed E-state index contributed by atoms with van der Waals surface area (Å²) in [6, 6.07) is 18.1. The van der Waals surface area contributed by atoms with Crippen LogP contribution in [0.2, 0.25) is 0 Å². The largest absolute Gasteiger partial charge is 0.507 e. The van der Waals surface area contributed by atoms with E-state index in [1.165, 1.54) is 6.07 Å². The molecule has 1 fully saturated rings. The van der Waals surface area contributed by atoms with Crippen molar-refractivity contribution in [1.82, 2.24) is 5.32 Å². The van der Waals surface area contributed by atoms with E-state index in [0.717, 1.165) is 74.1 Å². The fourth-order valence-corrected chi connectivity index (χ4v) is 18.0. The molecule has 72 heavy (non-hydrogen) atoms. The number of aliphatic hydroxyl groups is 4. The van der Waals surface area contributed by atoms with Crippen molar-refractivity contribution < 1.29 is 44.9 Å². The Morgan fingerprint density at radius 1 is 0.875 bits per heavy atom. The first kappa shape index (κ1) is 50.1. The number of fused-ring (bicyclic) bond motifs is 10. The fourth-order valence-electron chi connectivity index (χ4n) is 12.7. The number of phenols is 2. The zero-order valence-electron chi connectivity index (χ0n) is 40.8. The number of benzene rings is 5. The van der Waals surface area contributed by atoms with Gasteiger partial charge in [0.05, 0.1) is 23.0 Å². The number of hydrogen-bond acceptors (Lipinski definition) is 15. The average Bonchev–Trinajstić information content (AvgIpc) is 3.39. The van der Waals surface area contributed by atoms with Crippen LogP contribution >= 0.6 is 43.2 Å². The Morgan fingerprint density at radius 3 is 2.51 bits per heavy atom. The molecule has 5 aromatic carbocycles. The zero-order chi connectivity index (χ0) is 50.1. The summed E-state index contributed by atoms with van der Waals surface area (Å²) in [6.45, 7) is 4.15. The summed E-state index contributed by atoms with van der Waals surface area (Å²) in [5, 5.41) is 87.9. The van der Waals surface area contributed by atoms with Gasteiger partial charge in [-0.15, -0.1) is 0 Å². The van der Waals surface area contributed by atoms with Gasteiger partial charge in [-0.2, -0.15) is 0 Å². The van der Waals surface area contributed by atoms with Crippen LogP contribution in [0.25, 0.3) is 44.2 Å².